The van der Waals surface area contributed by atoms with Crippen LogP contribution in [0.25, 0.3) is 0 Å². The normalized spacial score (nSPS) is 24.9. The summed E-state index contributed by atoms with van der Waals surface area (Å²) < 4.78 is 27.5. The average Bonchev–Trinajstić information content (AvgIpc) is 3.07. The molecule has 0 spiro atoms. The maximum Gasteiger partial charge on any atom is 0.244 e. The quantitative estimate of drug-likeness (QED) is 0.843. The summed E-state index contributed by atoms with van der Waals surface area (Å²) in [5.74, 6) is 5.84. The first kappa shape index (κ1) is 14.6. The lowest BCUT2D eigenvalue weighted by Gasteiger charge is -2.26. The van der Waals surface area contributed by atoms with Crippen molar-refractivity contribution in [3.63, 3.8) is 0 Å². The SMILES string of the molecule is Cc1ccc(S(=O)(=O)N2CC3CCC2C3)c(C#CCO)c1. The summed E-state index contributed by atoms with van der Waals surface area (Å²) in [6, 6.07) is 5.35. The second kappa shape index (κ2) is 5.45. The van der Waals surface area contributed by atoms with Gasteiger partial charge < -0.3 is 5.11 Å². The standard InChI is InChI=1S/C16H19NO3S/c1-12-4-7-16(14(9-12)3-2-8-18)21(19,20)17-11-13-5-6-15(17)10-13/h4,7,9,13,15,18H,5-6,8,10-11H2,1H3. The van der Waals surface area contributed by atoms with Crippen molar-refractivity contribution >= 4 is 10.0 Å². The van der Waals surface area contributed by atoms with Crippen molar-refractivity contribution < 1.29 is 13.5 Å². The van der Waals surface area contributed by atoms with Crippen molar-refractivity contribution in [2.45, 2.75) is 37.1 Å². The molecule has 1 heterocycles. The van der Waals surface area contributed by atoms with Crippen LogP contribution in [0.1, 0.15) is 30.4 Å². The molecule has 1 aliphatic carbocycles. The zero-order valence-corrected chi connectivity index (χ0v) is 12.9. The number of benzene rings is 1. The molecule has 1 aromatic rings. The first-order chi connectivity index (χ1) is 10.0. The number of aliphatic hydroxyl groups excluding tert-OH is 1. The fraction of sp³-hybridized carbons (Fsp3) is 0.500. The molecule has 21 heavy (non-hydrogen) atoms. The predicted molar refractivity (Wildman–Crippen MR) is 80.2 cm³/mol. The van der Waals surface area contributed by atoms with Gasteiger partial charge in [0.25, 0.3) is 0 Å². The predicted octanol–water partition coefficient (Wildman–Crippen LogP) is 1.51. The number of aryl methyl sites for hydroxylation is 1. The molecule has 3 rings (SSSR count). The van der Waals surface area contributed by atoms with Gasteiger partial charge in [-0.25, -0.2) is 8.42 Å². The van der Waals surface area contributed by atoms with Crippen LogP contribution >= 0.6 is 0 Å². The van der Waals surface area contributed by atoms with E-state index in [0.717, 1.165) is 24.8 Å². The van der Waals surface area contributed by atoms with Crippen LogP contribution in [0, 0.1) is 24.7 Å². The first-order valence-corrected chi connectivity index (χ1v) is 8.68. The number of sulfonamides is 1. The van der Waals surface area contributed by atoms with Gasteiger partial charge in [-0.3, -0.25) is 0 Å². The van der Waals surface area contributed by atoms with E-state index < -0.39 is 10.0 Å². The van der Waals surface area contributed by atoms with Gasteiger partial charge in [0.1, 0.15) is 6.61 Å². The molecule has 1 saturated heterocycles. The second-order valence-corrected chi connectivity index (χ2v) is 7.73. The minimum absolute atomic E-state index is 0.153. The van der Waals surface area contributed by atoms with Gasteiger partial charge in [-0.1, -0.05) is 17.9 Å². The van der Waals surface area contributed by atoms with Gasteiger partial charge in [0.15, 0.2) is 0 Å². The number of hydrogen-bond donors (Lipinski definition) is 1. The molecule has 0 radical (unpaired) electrons. The number of nitrogens with zero attached hydrogens (tertiary/aromatic N) is 1. The maximum absolute atomic E-state index is 12.9. The second-order valence-electron chi connectivity index (χ2n) is 5.87. The molecule has 112 valence electrons. The van der Waals surface area contributed by atoms with E-state index in [2.05, 4.69) is 11.8 Å². The Bertz CT molecular complexity index is 715. The number of fused-ring (bicyclic) bond motifs is 2. The van der Waals surface area contributed by atoms with Crippen LogP contribution in [-0.4, -0.2) is 37.0 Å². The van der Waals surface area contributed by atoms with Crippen molar-refractivity contribution in [2.24, 2.45) is 5.92 Å². The molecule has 1 saturated carbocycles. The van der Waals surface area contributed by atoms with E-state index in [1.807, 2.05) is 6.92 Å². The Hall–Kier alpha value is -1.35. The monoisotopic (exact) mass is 305 g/mol. The van der Waals surface area contributed by atoms with E-state index in [4.69, 9.17) is 5.11 Å². The molecule has 0 aromatic heterocycles. The summed E-state index contributed by atoms with van der Waals surface area (Å²) in [5, 5.41) is 8.85. The van der Waals surface area contributed by atoms with E-state index in [9.17, 15) is 8.42 Å². The lowest BCUT2D eigenvalue weighted by atomic mass is 10.1. The highest BCUT2D eigenvalue weighted by molar-refractivity contribution is 7.89. The fourth-order valence-electron chi connectivity index (χ4n) is 3.40. The van der Waals surface area contributed by atoms with E-state index in [1.54, 1.807) is 22.5 Å². The third-order valence-corrected chi connectivity index (χ3v) is 6.36. The minimum Gasteiger partial charge on any atom is -0.384 e. The summed E-state index contributed by atoms with van der Waals surface area (Å²) in [4.78, 5) is 0.265. The van der Waals surface area contributed by atoms with Crippen LogP contribution in [0.5, 0.6) is 0 Å². The minimum atomic E-state index is -3.50. The highest BCUT2D eigenvalue weighted by atomic mass is 32.2. The lowest BCUT2D eigenvalue weighted by Crippen LogP contribution is -2.37. The number of hydrogen-bond acceptors (Lipinski definition) is 3. The van der Waals surface area contributed by atoms with Crippen molar-refractivity contribution in [3.8, 4) is 11.8 Å². The Morgan fingerprint density at radius 2 is 2.19 bits per heavy atom. The Kier molecular flexibility index (Phi) is 3.78. The molecule has 0 amide bonds. The highest BCUT2D eigenvalue weighted by Crippen LogP contribution is 2.40. The van der Waals surface area contributed by atoms with Crippen LogP contribution in [0.4, 0.5) is 0 Å². The summed E-state index contributed by atoms with van der Waals surface area (Å²) in [6.07, 6.45) is 3.10. The zero-order chi connectivity index (χ0) is 15.0. The summed E-state index contributed by atoms with van der Waals surface area (Å²) in [7, 11) is -3.50. The first-order valence-electron chi connectivity index (χ1n) is 7.24. The molecule has 4 nitrogen and oxygen atoms in total. The third-order valence-electron chi connectivity index (χ3n) is 4.38. The van der Waals surface area contributed by atoms with E-state index in [-0.39, 0.29) is 17.5 Å². The highest BCUT2D eigenvalue weighted by Gasteiger charge is 2.44. The van der Waals surface area contributed by atoms with Gasteiger partial charge in [-0.2, -0.15) is 4.31 Å². The molecular weight excluding hydrogens is 286 g/mol. The van der Waals surface area contributed by atoms with Gasteiger partial charge in [-0.05, 0) is 49.8 Å². The number of aliphatic hydroxyl groups is 1. The molecule has 2 unspecified atom stereocenters. The molecule has 2 bridgehead atoms. The Morgan fingerprint density at radius 1 is 1.38 bits per heavy atom. The summed E-state index contributed by atoms with van der Waals surface area (Å²) >= 11 is 0. The van der Waals surface area contributed by atoms with Crippen molar-refractivity contribution in [1.82, 2.24) is 4.31 Å². The van der Waals surface area contributed by atoms with Crippen LogP contribution in [-0.2, 0) is 10.0 Å². The summed E-state index contributed by atoms with van der Waals surface area (Å²) in [6.45, 7) is 2.26. The molecule has 5 heteroatoms. The Balaban J connectivity index is 2.03. The van der Waals surface area contributed by atoms with Crippen LogP contribution in [0.15, 0.2) is 23.1 Å². The van der Waals surface area contributed by atoms with Crippen LogP contribution in [0.2, 0.25) is 0 Å². The Labute approximate surface area is 125 Å². The van der Waals surface area contributed by atoms with Crippen molar-refractivity contribution in [1.29, 1.82) is 0 Å². The molecule has 2 aliphatic rings. The lowest BCUT2D eigenvalue weighted by molar-refractivity contribution is 0.333. The largest absolute Gasteiger partial charge is 0.384 e. The van der Waals surface area contributed by atoms with Gasteiger partial charge >= 0.3 is 0 Å². The summed E-state index contributed by atoms with van der Waals surface area (Å²) in [5.41, 5.74) is 1.44. The molecule has 2 atom stereocenters. The van der Waals surface area contributed by atoms with Gasteiger partial charge in [0.05, 0.1) is 4.90 Å². The van der Waals surface area contributed by atoms with Gasteiger partial charge in [0.2, 0.25) is 10.0 Å². The molecule has 1 aromatic carbocycles. The topological polar surface area (TPSA) is 57.6 Å². The van der Waals surface area contributed by atoms with E-state index in [0.29, 0.717) is 18.0 Å². The molecule has 1 aliphatic heterocycles. The van der Waals surface area contributed by atoms with Crippen LogP contribution < -0.4 is 0 Å². The Morgan fingerprint density at radius 3 is 2.81 bits per heavy atom. The molecule has 1 N–H and O–H groups in total. The smallest absolute Gasteiger partial charge is 0.244 e. The zero-order valence-electron chi connectivity index (χ0n) is 12.0. The van der Waals surface area contributed by atoms with E-state index in [1.165, 1.54) is 0 Å². The molecule has 2 fully saturated rings. The van der Waals surface area contributed by atoms with Gasteiger partial charge in [-0.15, -0.1) is 0 Å². The number of rotatable bonds is 2. The van der Waals surface area contributed by atoms with Crippen molar-refractivity contribution in [3.05, 3.63) is 29.3 Å². The van der Waals surface area contributed by atoms with Crippen molar-refractivity contribution in [2.75, 3.05) is 13.2 Å². The molecular formula is C16H19NO3S. The van der Waals surface area contributed by atoms with Crippen LogP contribution in [0.3, 0.4) is 0 Å². The van der Waals surface area contributed by atoms with E-state index >= 15 is 0 Å². The van der Waals surface area contributed by atoms with Gasteiger partial charge in [0, 0.05) is 18.2 Å². The third kappa shape index (κ3) is 2.59. The maximum atomic E-state index is 12.9. The number of piperidine rings is 1. The average molecular weight is 305 g/mol. The fourth-order valence-corrected chi connectivity index (χ4v) is 5.27.